The van der Waals surface area contributed by atoms with Crippen LogP contribution in [0.15, 0.2) is 30.9 Å². The molecule has 0 aliphatic carbocycles. The number of hydrogen-bond donors (Lipinski definition) is 1. The van der Waals surface area contributed by atoms with Crippen molar-refractivity contribution in [3.8, 4) is 5.75 Å². The van der Waals surface area contributed by atoms with Crippen LogP contribution in [0.4, 0.5) is 0 Å². The van der Waals surface area contributed by atoms with Gasteiger partial charge in [-0.25, -0.2) is 0 Å². The maximum Gasteiger partial charge on any atom is 0.138 e. The number of ether oxygens (including phenoxy) is 1. The second-order valence-corrected chi connectivity index (χ2v) is 6.87. The van der Waals surface area contributed by atoms with Crippen molar-refractivity contribution in [2.75, 3.05) is 19.7 Å². The van der Waals surface area contributed by atoms with Gasteiger partial charge in [-0.3, -0.25) is 4.90 Å². The van der Waals surface area contributed by atoms with Crippen LogP contribution in [0.3, 0.4) is 0 Å². The lowest BCUT2D eigenvalue weighted by molar-refractivity contribution is 0.0899. The second-order valence-electron chi connectivity index (χ2n) is 6.46. The van der Waals surface area contributed by atoms with E-state index < -0.39 is 0 Å². The summed E-state index contributed by atoms with van der Waals surface area (Å²) in [5, 5.41) is 0.655. The number of nitrogens with zero attached hydrogens (tertiary/aromatic N) is 1. The number of benzene rings is 1. The molecule has 21 heavy (non-hydrogen) atoms. The van der Waals surface area contributed by atoms with Gasteiger partial charge in [-0.15, -0.1) is 0 Å². The van der Waals surface area contributed by atoms with Gasteiger partial charge in [0.1, 0.15) is 12.4 Å². The fourth-order valence-electron chi connectivity index (χ4n) is 2.79. The van der Waals surface area contributed by atoms with Gasteiger partial charge in [0.05, 0.1) is 5.02 Å². The molecule has 1 saturated heterocycles. The van der Waals surface area contributed by atoms with Crippen LogP contribution in [0.2, 0.25) is 5.02 Å². The zero-order valence-electron chi connectivity index (χ0n) is 12.9. The molecule has 2 rings (SSSR count). The van der Waals surface area contributed by atoms with Crippen LogP contribution in [0.5, 0.6) is 5.75 Å². The predicted molar refractivity (Wildman–Crippen MR) is 88.8 cm³/mol. The van der Waals surface area contributed by atoms with Crippen molar-refractivity contribution in [3.05, 3.63) is 41.4 Å². The maximum atomic E-state index is 6.26. The SMILES string of the molecule is C=CCOc1ccc(CN2CCC(N)C(C)(C)C2)cc1Cl. The quantitative estimate of drug-likeness (QED) is 0.847. The molecule has 0 spiro atoms. The molecule has 1 aromatic rings. The predicted octanol–water partition coefficient (Wildman–Crippen LogP) is 3.46. The second kappa shape index (κ2) is 6.82. The lowest BCUT2D eigenvalue weighted by Crippen LogP contribution is -2.52. The smallest absolute Gasteiger partial charge is 0.138 e. The molecule has 0 saturated carbocycles. The zero-order chi connectivity index (χ0) is 15.5. The number of rotatable bonds is 5. The molecule has 3 nitrogen and oxygen atoms in total. The monoisotopic (exact) mass is 308 g/mol. The summed E-state index contributed by atoms with van der Waals surface area (Å²) < 4.78 is 5.50. The molecular weight excluding hydrogens is 284 g/mol. The fourth-order valence-corrected chi connectivity index (χ4v) is 3.04. The molecule has 1 aromatic carbocycles. The van der Waals surface area contributed by atoms with E-state index in [2.05, 4.69) is 31.4 Å². The number of halogens is 1. The molecule has 2 N–H and O–H groups in total. The molecular formula is C17H25ClN2O. The number of hydrogen-bond acceptors (Lipinski definition) is 3. The van der Waals surface area contributed by atoms with Gasteiger partial charge in [-0.05, 0) is 29.5 Å². The Balaban J connectivity index is 2.00. The van der Waals surface area contributed by atoms with E-state index in [1.165, 1.54) is 5.56 Å². The molecule has 1 unspecified atom stereocenters. The van der Waals surface area contributed by atoms with Crippen molar-refractivity contribution in [2.45, 2.75) is 32.9 Å². The average molecular weight is 309 g/mol. The Morgan fingerprint density at radius 1 is 1.52 bits per heavy atom. The first kappa shape index (κ1) is 16.3. The Morgan fingerprint density at radius 2 is 2.29 bits per heavy atom. The Labute approximate surface area is 132 Å². The summed E-state index contributed by atoms with van der Waals surface area (Å²) in [5.41, 5.74) is 7.55. The molecule has 0 amide bonds. The van der Waals surface area contributed by atoms with Gasteiger partial charge in [-0.2, -0.15) is 0 Å². The molecule has 1 heterocycles. The largest absolute Gasteiger partial charge is 0.488 e. The van der Waals surface area contributed by atoms with Crippen LogP contribution < -0.4 is 10.5 Å². The van der Waals surface area contributed by atoms with Crippen molar-refractivity contribution < 1.29 is 4.74 Å². The van der Waals surface area contributed by atoms with Gasteiger partial charge in [0, 0.05) is 25.7 Å². The van der Waals surface area contributed by atoms with E-state index in [0.717, 1.165) is 26.1 Å². The lowest BCUT2D eigenvalue weighted by atomic mass is 9.79. The normalized spacial score (nSPS) is 22.0. The van der Waals surface area contributed by atoms with Crippen LogP contribution in [0.1, 0.15) is 25.8 Å². The minimum absolute atomic E-state index is 0.162. The highest BCUT2D eigenvalue weighted by atomic mass is 35.5. The lowest BCUT2D eigenvalue weighted by Gasteiger charge is -2.42. The first-order chi connectivity index (χ1) is 9.92. The standard InChI is InChI=1S/C17H25ClN2O/c1-4-9-21-15-6-5-13(10-14(15)18)11-20-8-7-16(19)17(2,3)12-20/h4-6,10,16H,1,7-9,11-12,19H2,2-3H3. The summed E-state index contributed by atoms with van der Waals surface area (Å²) in [4.78, 5) is 2.44. The summed E-state index contributed by atoms with van der Waals surface area (Å²) in [5.74, 6) is 0.710. The van der Waals surface area contributed by atoms with E-state index in [-0.39, 0.29) is 11.5 Å². The number of likely N-dealkylation sites (tertiary alicyclic amines) is 1. The third-order valence-corrected chi connectivity index (χ3v) is 4.45. The maximum absolute atomic E-state index is 6.26. The zero-order valence-corrected chi connectivity index (χ0v) is 13.7. The Bertz CT molecular complexity index is 502. The molecule has 0 radical (unpaired) electrons. The van der Waals surface area contributed by atoms with E-state index in [1.807, 2.05) is 12.1 Å². The van der Waals surface area contributed by atoms with E-state index in [0.29, 0.717) is 17.4 Å². The Kier molecular flexibility index (Phi) is 5.31. The van der Waals surface area contributed by atoms with Gasteiger partial charge in [0.25, 0.3) is 0 Å². The van der Waals surface area contributed by atoms with Crippen molar-refractivity contribution in [2.24, 2.45) is 11.1 Å². The minimum Gasteiger partial charge on any atom is -0.488 e. The van der Waals surface area contributed by atoms with E-state index in [1.54, 1.807) is 6.08 Å². The third-order valence-electron chi connectivity index (χ3n) is 4.15. The Morgan fingerprint density at radius 3 is 2.90 bits per heavy atom. The summed E-state index contributed by atoms with van der Waals surface area (Å²) in [6, 6.07) is 6.28. The molecule has 1 atom stereocenters. The third kappa shape index (κ3) is 4.22. The fraction of sp³-hybridized carbons (Fsp3) is 0.529. The molecule has 1 aliphatic heterocycles. The van der Waals surface area contributed by atoms with E-state index in [4.69, 9.17) is 22.1 Å². The van der Waals surface area contributed by atoms with Gasteiger partial charge >= 0.3 is 0 Å². The van der Waals surface area contributed by atoms with E-state index >= 15 is 0 Å². The molecule has 1 fully saturated rings. The van der Waals surface area contributed by atoms with Crippen molar-refractivity contribution in [1.29, 1.82) is 0 Å². The molecule has 0 bridgehead atoms. The van der Waals surface area contributed by atoms with Crippen molar-refractivity contribution in [1.82, 2.24) is 4.90 Å². The van der Waals surface area contributed by atoms with Gasteiger partial charge in [0.15, 0.2) is 0 Å². The van der Waals surface area contributed by atoms with E-state index in [9.17, 15) is 0 Å². The summed E-state index contributed by atoms with van der Waals surface area (Å²) in [6.45, 7) is 11.5. The summed E-state index contributed by atoms with van der Waals surface area (Å²) in [7, 11) is 0. The minimum atomic E-state index is 0.162. The first-order valence-electron chi connectivity index (χ1n) is 7.42. The van der Waals surface area contributed by atoms with Gasteiger partial charge in [0.2, 0.25) is 0 Å². The van der Waals surface area contributed by atoms with Crippen LogP contribution in [-0.4, -0.2) is 30.6 Å². The number of piperidine rings is 1. The van der Waals surface area contributed by atoms with Crippen LogP contribution in [0.25, 0.3) is 0 Å². The molecule has 4 heteroatoms. The summed E-state index contributed by atoms with van der Waals surface area (Å²) in [6.07, 6.45) is 2.75. The summed E-state index contributed by atoms with van der Waals surface area (Å²) >= 11 is 6.26. The van der Waals surface area contributed by atoms with Crippen LogP contribution >= 0.6 is 11.6 Å². The molecule has 0 aromatic heterocycles. The van der Waals surface area contributed by atoms with Crippen LogP contribution in [-0.2, 0) is 6.54 Å². The number of nitrogens with two attached hydrogens (primary N) is 1. The van der Waals surface area contributed by atoms with Gasteiger partial charge in [-0.1, -0.05) is 44.2 Å². The highest BCUT2D eigenvalue weighted by Crippen LogP contribution is 2.30. The highest BCUT2D eigenvalue weighted by Gasteiger charge is 2.33. The van der Waals surface area contributed by atoms with Gasteiger partial charge < -0.3 is 10.5 Å². The molecule has 1 aliphatic rings. The van der Waals surface area contributed by atoms with Crippen molar-refractivity contribution >= 4 is 11.6 Å². The first-order valence-corrected chi connectivity index (χ1v) is 7.80. The topological polar surface area (TPSA) is 38.5 Å². The Hall–Kier alpha value is -1.03. The highest BCUT2D eigenvalue weighted by molar-refractivity contribution is 6.32. The average Bonchev–Trinajstić information content (AvgIpc) is 2.42. The molecule has 116 valence electrons. The van der Waals surface area contributed by atoms with Crippen molar-refractivity contribution in [3.63, 3.8) is 0 Å². The van der Waals surface area contributed by atoms with Crippen LogP contribution in [0, 0.1) is 5.41 Å².